The Morgan fingerprint density at radius 3 is 2.20 bits per heavy atom. The average Bonchev–Trinajstić information content (AvgIpc) is 2.37. The third kappa shape index (κ3) is 3.07. The fourth-order valence-corrected chi connectivity index (χ4v) is 2.83. The summed E-state index contributed by atoms with van der Waals surface area (Å²) in [6.07, 6.45) is 1.24. The summed E-state index contributed by atoms with van der Waals surface area (Å²) in [6, 6.07) is 4.94. The van der Waals surface area contributed by atoms with Crippen LogP contribution in [-0.4, -0.2) is 40.7 Å². The lowest BCUT2D eigenvalue weighted by Crippen LogP contribution is -2.43. The van der Waals surface area contributed by atoms with Crippen molar-refractivity contribution in [3.8, 4) is 11.5 Å². The number of sulfone groups is 1. The standard InChI is InChI=1S/C14H23NO4S/c1-14(2,20(6,16)17)13(15-3)11-9-10(18-4)7-8-12(11)19-5/h7-9,13,15H,1-6H3. The third-order valence-electron chi connectivity index (χ3n) is 3.69. The fraction of sp³-hybridized carbons (Fsp3) is 0.571. The molecule has 1 aromatic rings. The van der Waals surface area contributed by atoms with Crippen LogP contribution in [-0.2, 0) is 9.84 Å². The van der Waals surface area contributed by atoms with Crippen molar-refractivity contribution in [3.05, 3.63) is 23.8 Å². The van der Waals surface area contributed by atoms with Gasteiger partial charge in [0, 0.05) is 11.8 Å². The highest BCUT2D eigenvalue weighted by Crippen LogP contribution is 2.38. The number of hydrogen-bond acceptors (Lipinski definition) is 5. The second-order valence-corrected chi connectivity index (χ2v) is 7.80. The van der Waals surface area contributed by atoms with Crippen LogP contribution in [0.25, 0.3) is 0 Å². The molecular formula is C14H23NO4S. The van der Waals surface area contributed by atoms with E-state index in [2.05, 4.69) is 5.32 Å². The molecule has 5 nitrogen and oxygen atoms in total. The van der Waals surface area contributed by atoms with Gasteiger partial charge < -0.3 is 14.8 Å². The smallest absolute Gasteiger partial charge is 0.154 e. The van der Waals surface area contributed by atoms with Gasteiger partial charge in [-0.3, -0.25) is 0 Å². The van der Waals surface area contributed by atoms with E-state index in [4.69, 9.17) is 9.47 Å². The summed E-state index contributed by atoms with van der Waals surface area (Å²) in [5.41, 5.74) is 0.754. The number of nitrogens with one attached hydrogen (secondary N) is 1. The molecule has 1 N–H and O–H groups in total. The Hall–Kier alpha value is -1.27. The lowest BCUT2D eigenvalue weighted by Gasteiger charge is -2.33. The van der Waals surface area contributed by atoms with Crippen molar-refractivity contribution in [1.29, 1.82) is 0 Å². The predicted molar refractivity (Wildman–Crippen MR) is 80.3 cm³/mol. The molecule has 0 saturated carbocycles. The Balaban J connectivity index is 3.45. The average molecular weight is 301 g/mol. The summed E-state index contributed by atoms with van der Waals surface area (Å²) < 4.78 is 33.7. The van der Waals surface area contributed by atoms with Crippen molar-refractivity contribution in [2.45, 2.75) is 24.6 Å². The minimum atomic E-state index is -3.27. The van der Waals surface area contributed by atoms with Gasteiger partial charge in [-0.15, -0.1) is 0 Å². The SMILES string of the molecule is CNC(c1cc(OC)ccc1OC)C(C)(C)S(C)(=O)=O. The van der Waals surface area contributed by atoms with Gasteiger partial charge >= 0.3 is 0 Å². The van der Waals surface area contributed by atoms with Crippen LogP contribution in [0.3, 0.4) is 0 Å². The quantitative estimate of drug-likeness (QED) is 0.868. The zero-order valence-corrected chi connectivity index (χ0v) is 13.7. The Bertz CT molecular complexity index is 567. The zero-order valence-electron chi connectivity index (χ0n) is 12.9. The van der Waals surface area contributed by atoms with E-state index in [1.807, 2.05) is 0 Å². The first kappa shape index (κ1) is 16.8. The summed E-state index contributed by atoms with van der Waals surface area (Å²) >= 11 is 0. The van der Waals surface area contributed by atoms with Crippen LogP contribution in [0.15, 0.2) is 18.2 Å². The first-order valence-electron chi connectivity index (χ1n) is 6.27. The Morgan fingerprint density at radius 1 is 1.20 bits per heavy atom. The Morgan fingerprint density at radius 2 is 1.80 bits per heavy atom. The van der Waals surface area contributed by atoms with Crippen LogP contribution in [0.5, 0.6) is 11.5 Å². The van der Waals surface area contributed by atoms with E-state index in [0.29, 0.717) is 11.5 Å². The fourth-order valence-electron chi connectivity index (χ4n) is 2.16. The highest BCUT2D eigenvalue weighted by Gasteiger charge is 2.40. The number of benzene rings is 1. The number of ether oxygens (including phenoxy) is 2. The van der Waals surface area contributed by atoms with Crippen molar-refractivity contribution in [2.75, 3.05) is 27.5 Å². The minimum Gasteiger partial charge on any atom is -0.497 e. The molecule has 0 aliphatic carbocycles. The third-order valence-corrected chi connectivity index (χ3v) is 5.83. The molecule has 0 heterocycles. The molecule has 0 fully saturated rings. The maximum atomic E-state index is 12.1. The van der Waals surface area contributed by atoms with E-state index in [0.717, 1.165) is 5.56 Å². The molecule has 0 aliphatic heterocycles. The number of methoxy groups -OCH3 is 2. The lowest BCUT2D eigenvalue weighted by molar-refractivity contribution is 0.378. The van der Waals surface area contributed by atoms with Gasteiger partial charge in [0.05, 0.1) is 25.0 Å². The van der Waals surface area contributed by atoms with E-state index in [-0.39, 0.29) is 0 Å². The van der Waals surface area contributed by atoms with Gasteiger partial charge in [0.15, 0.2) is 9.84 Å². The zero-order chi connectivity index (χ0) is 15.6. The molecule has 1 rings (SSSR count). The molecule has 114 valence electrons. The summed E-state index contributed by atoms with van der Waals surface area (Å²) in [5.74, 6) is 1.28. The normalized spacial score (nSPS) is 13.9. The van der Waals surface area contributed by atoms with E-state index in [1.165, 1.54) is 6.26 Å². The Kier molecular flexibility index (Phi) is 5.05. The molecule has 0 amide bonds. The molecule has 1 atom stereocenters. The lowest BCUT2D eigenvalue weighted by atomic mass is 9.94. The van der Waals surface area contributed by atoms with Crippen LogP contribution in [0, 0.1) is 0 Å². The Labute approximate surface area is 121 Å². The summed E-state index contributed by atoms with van der Waals surface area (Å²) in [5, 5.41) is 3.08. The second kappa shape index (κ2) is 6.01. The van der Waals surface area contributed by atoms with Gasteiger partial charge in [0.25, 0.3) is 0 Å². The van der Waals surface area contributed by atoms with E-state index in [9.17, 15) is 8.42 Å². The van der Waals surface area contributed by atoms with Crippen LogP contribution >= 0.6 is 0 Å². The first-order chi connectivity index (χ1) is 9.18. The van der Waals surface area contributed by atoms with Gasteiger partial charge in [-0.1, -0.05) is 0 Å². The largest absolute Gasteiger partial charge is 0.497 e. The topological polar surface area (TPSA) is 64.6 Å². The second-order valence-electron chi connectivity index (χ2n) is 5.21. The van der Waals surface area contributed by atoms with Crippen LogP contribution < -0.4 is 14.8 Å². The van der Waals surface area contributed by atoms with Crippen molar-refractivity contribution >= 4 is 9.84 Å². The molecule has 6 heteroatoms. The van der Waals surface area contributed by atoms with Crippen LogP contribution in [0.1, 0.15) is 25.5 Å². The minimum absolute atomic E-state index is 0.414. The first-order valence-corrected chi connectivity index (χ1v) is 8.17. The monoisotopic (exact) mass is 301 g/mol. The number of rotatable bonds is 6. The molecule has 0 bridgehead atoms. The maximum absolute atomic E-state index is 12.1. The molecule has 0 saturated heterocycles. The van der Waals surface area contributed by atoms with Gasteiger partial charge in [-0.05, 0) is 39.1 Å². The summed E-state index contributed by atoms with van der Waals surface area (Å²) in [4.78, 5) is 0. The molecule has 1 unspecified atom stereocenters. The summed E-state index contributed by atoms with van der Waals surface area (Å²) in [7, 11) is 1.60. The molecule has 1 aromatic carbocycles. The molecular weight excluding hydrogens is 278 g/mol. The molecule has 0 spiro atoms. The molecule has 20 heavy (non-hydrogen) atoms. The predicted octanol–water partition coefficient (Wildman–Crippen LogP) is 1.79. The molecule has 0 radical (unpaired) electrons. The van der Waals surface area contributed by atoms with Gasteiger partial charge in [0.1, 0.15) is 11.5 Å². The van der Waals surface area contributed by atoms with Crippen molar-refractivity contribution in [2.24, 2.45) is 0 Å². The van der Waals surface area contributed by atoms with E-state index >= 15 is 0 Å². The molecule has 0 aromatic heterocycles. The van der Waals surface area contributed by atoms with Crippen LogP contribution in [0.4, 0.5) is 0 Å². The van der Waals surface area contributed by atoms with Crippen molar-refractivity contribution in [3.63, 3.8) is 0 Å². The van der Waals surface area contributed by atoms with Gasteiger partial charge in [-0.25, -0.2) is 8.42 Å². The van der Waals surface area contributed by atoms with Gasteiger partial charge in [-0.2, -0.15) is 0 Å². The highest BCUT2D eigenvalue weighted by molar-refractivity contribution is 7.92. The number of hydrogen-bond donors (Lipinski definition) is 1. The van der Waals surface area contributed by atoms with Crippen molar-refractivity contribution in [1.82, 2.24) is 5.32 Å². The summed E-state index contributed by atoms with van der Waals surface area (Å²) in [6.45, 7) is 3.39. The molecule has 0 aliphatic rings. The van der Waals surface area contributed by atoms with Crippen LogP contribution in [0.2, 0.25) is 0 Å². The van der Waals surface area contributed by atoms with E-state index in [1.54, 1.807) is 53.3 Å². The van der Waals surface area contributed by atoms with Crippen molar-refractivity contribution < 1.29 is 17.9 Å². The highest BCUT2D eigenvalue weighted by atomic mass is 32.2. The maximum Gasteiger partial charge on any atom is 0.154 e. The van der Waals surface area contributed by atoms with Gasteiger partial charge in [0.2, 0.25) is 0 Å². The van der Waals surface area contributed by atoms with E-state index < -0.39 is 20.6 Å².